The molecule has 0 radical (unpaired) electrons. The maximum atomic E-state index is 13.3. The SMILES string of the molecule is Cc1cc(F)cc(S(=O)(=O)N2CCC[C@@H]2CO)c1. The van der Waals surface area contributed by atoms with E-state index >= 15 is 0 Å². The molecule has 1 aromatic carbocycles. The highest BCUT2D eigenvalue weighted by Gasteiger charge is 2.35. The van der Waals surface area contributed by atoms with Gasteiger partial charge in [-0.25, -0.2) is 12.8 Å². The van der Waals surface area contributed by atoms with E-state index in [2.05, 4.69) is 0 Å². The van der Waals surface area contributed by atoms with Crippen LogP contribution in [0.5, 0.6) is 0 Å². The Morgan fingerprint density at radius 2 is 2.17 bits per heavy atom. The van der Waals surface area contributed by atoms with E-state index in [0.29, 0.717) is 18.5 Å². The molecule has 0 spiro atoms. The van der Waals surface area contributed by atoms with Crippen molar-refractivity contribution in [1.29, 1.82) is 0 Å². The topological polar surface area (TPSA) is 57.6 Å². The summed E-state index contributed by atoms with van der Waals surface area (Å²) >= 11 is 0. The zero-order valence-electron chi connectivity index (χ0n) is 10.1. The minimum Gasteiger partial charge on any atom is -0.395 e. The maximum Gasteiger partial charge on any atom is 0.243 e. The highest BCUT2D eigenvalue weighted by molar-refractivity contribution is 7.89. The zero-order chi connectivity index (χ0) is 13.3. The first-order chi connectivity index (χ1) is 8.45. The smallest absolute Gasteiger partial charge is 0.243 e. The molecule has 0 unspecified atom stereocenters. The molecule has 2 rings (SSSR count). The first kappa shape index (κ1) is 13.5. The van der Waals surface area contributed by atoms with Crippen LogP contribution in [-0.4, -0.2) is 37.0 Å². The van der Waals surface area contributed by atoms with Gasteiger partial charge in [0.05, 0.1) is 11.5 Å². The molecular formula is C12H16FNO3S. The molecule has 1 fully saturated rings. The Balaban J connectivity index is 2.41. The van der Waals surface area contributed by atoms with Gasteiger partial charge in [-0.05, 0) is 43.5 Å². The Morgan fingerprint density at radius 1 is 1.44 bits per heavy atom. The Kier molecular flexibility index (Phi) is 3.70. The average molecular weight is 273 g/mol. The second-order valence-electron chi connectivity index (χ2n) is 4.56. The molecule has 18 heavy (non-hydrogen) atoms. The second-order valence-corrected chi connectivity index (χ2v) is 6.45. The molecule has 0 aromatic heterocycles. The van der Waals surface area contributed by atoms with E-state index in [-0.39, 0.29) is 11.5 Å². The Bertz CT molecular complexity index is 524. The molecule has 1 atom stereocenters. The van der Waals surface area contributed by atoms with Gasteiger partial charge in [-0.2, -0.15) is 4.31 Å². The van der Waals surface area contributed by atoms with Crippen LogP contribution >= 0.6 is 0 Å². The minimum absolute atomic E-state index is 0.0413. The van der Waals surface area contributed by atoms with Gasteiger partial charge in [0, 0.05) is 12.6 Å². The molecule has 1 aliphatic heterocycles. The number of nitrogens with zero attached hydrogens (tertiary/aromatic N) is 1. The van der Waals surface area contributed by atoms with Gasteiger partial charge in [-0.3, -0.25) is 0 Å². The summed E-state index contributed by atoms with van der Waals surface area (Å²) < 4.78 is 39.3. The third kappa shape index (κ3) is 2.41. The summed E-state index contributed by atoms with van der Waals surface area (Å²) in [5, 5.41) is 9.18. The number of aliphatic hydroxyl groups is 1. The highest BCUT2D eigenvalue weighted by atomic mass is 32.2. The second kappa shape index (κ2) is 4.95. The quantitative estimate of drug-likeness (QED) is 0.902. The van der Waals surface area contributed by atoms with E-state index in [1.807, 2.05) is 0 Å². The molecule has 0 saturated carbocycles. The molecule has 1 N–H and O–H groups in total. The van der Waals surface area contributed by atoms with Crippen molar-refractivity contribution in [3.05, 3.63) is 29.6 Å². The summed E-state index contributed by atoms with van der Waals surface area (Å²) in [6.45, 7) is 1.83. The van der Waals surface area contributed by atoms with E-state index in [0.717, 1.165) is 12.5 Å². The summed E-state index contributed by atoms with van der Waals surface area (Å²) in [5.74, 6) is -0.562. The van der Waals surface area contributed by atoms with Crippen LogP contribution in [0.15, 0.2) is 23.1 Å². The van der Waals surface area contributed by atoms with Crippen molar-refractivity contribution in [3.63, 3.8) is 0 Å². The normalized spacial score (nSPS) is 21.4. The number of rotatable bonds is 3. The number of benzene rings is 1. The van der Waals surface area contributed by atoms with Crippen molar-refractivity contribution >= 4 is 10.0 Å². The van der Waals surface area contributed by atoms with Crippen molar-refractivity contribution in [2.75, 3.05) is 13.2 Å². The highest BCUT2D eigenvalue weighted by Crippen LogP contribution is 2.26. The molecule has 1 aromatic rings. The Hall–Kier alpha value is -0.980. The first-order valence-electron chi connectivity index (χ1n) is 5.85. The van der Waals surface area contributed by atoms with Crippen LogP contribution < -0.4 is 0 Å². The van der Waals surface area contributed by atoms with Crippen LogP contribution in [0, 0.1) is 12.7 Å². The Morgan fingerprint density at radius 3 is 2.78 bits per heavy atom. The molecular weight excluding hydrogens is 257 g/mol. The molecule has 1 heterocycles. The van der Waals surface area contributed by atoms with E-state index in [9.17, 15) is 17.9 Å². The summed E-state index contributed by atoms with van der Waals surface area (Å²) in [6.07, 6.45) is 1.36. The fourth-order valence-electron chi connectivity index (χ4n) is 2.30. The molecule has 1 saturated heterocycles. The molecule has 100 valence electrons. The number of aryl methyl sites for hydroxylation is 1. The predicted octanol–water partition coefficient (Wildman–Crippen LogP) is 1.28. The Labute approximate surface area is 106 Å². The zero-order valence-corrected chi connectivity index (χ0v) is 11.0. The molecule has 0 aliphatic carbocycles. The van der Waals surface area contributed by atoms with Gasteiger partial charge in [-0.15, -0.1) is 0 Å². The van der Waals surface area contributed by atoms with Gasteiger partial charge < -0.3 is 5.11 Å². The summed E-state index contributed by atoms with van der Waals surface area (Å²) in [5.41, 5.74) is 0.563. The number of hydrogen-bond acceptors (Lipinski definition) is 3. The van der Waals surface area contributed by atoms with Gasteiger partial charge >= 0.3 is 0 Å². The van der Waals surface area contributed by atoms with Crippen LogP contribution in [0.3, 0.4) is 0 Å². The van der Waals surface area contributed by atoms with Crippen LogP contribution in [0.2, 0.25) is 0 Å². The minimum atomic E-state index is -3.71. The van der Waals surface area contributed by atoms with Crippen molar-refractivity contribution in [2.24, 2.45) is 0 Å². The molecule has 4 nitrogen and oxygen atoms in total. The van der Waals surface area contributed by atoms with E-state index in [1.165, 1.54) is 16.4 Å². The number of halogens is 1. The monoisotopic (exact) mass is 273 g/mol. The maximum absolute atomic E-state index is 13.3. The standard InChI is InChI=1S/C12H16FNO3S/c1-9-5-10(13)7-12(6-9)18(16,17)14-4-2-3-11(14)8-15/h5-7,11,15H,2-4,8H2,1H3/t11-/m1/s1. The van der Waals surface area contributed by atoms with Crippen LogP contribution in [-0.2, 0) is 10.0 Å². The lowest BCUT2D eigenvalue weighted by atomic mass is 10.2. The lowest BCUT2D eigenvalue weighted by Gasteiger charge is -2.22. The van der Waals surface area contributed by atoms with E-state index < -0.39 is 21.9 Å². The third-order valence-electron chi connectivity index (χ3n) is 3.16. The van der Waals surface area contributed by atoms with Gasteiger partial charge in [0.25, 0.3) is 0 Å². The third-order valence-corrected chi connectivity index (χ3v) is 5.09. The van der Waals surface area contributed by atoms with Gasteiger partial charge in [-0.1, -0.05) is 0 Å². The number of aliphatic hydroxyl groups excluding tert-OH is 1. The van der Waals surface area contributed by atoms with E-state index in [1.54, 1.807) is 6.92 Å². The number of hydrogen-bond donors (Lipinski definition) is 1. The summed E-state index contributed by atoms with van der Waals surface area (Å²) in [4.78, 5) is -0.0413. The summed E-state index contributed by atoms with van der Waals surface area (Å²) in [6, 6.07) is 3.37. The van der Waals surface area contributed by atoms with Gasteiger partial charge in [0.2, 0.25) is 10.0 Å². The van der Waals surface area contributed by atoms with Crippen molar-refractivity contribution in [1.82, 2.24) is 4.31 Å². The fraction of sp³-hybridized carbons (Fsp3) is 0.500. The molecule has 0 bridgehead atoms. The molecule has 6 heteroatoms. The first-order valence-corrected chi connectivity index (χ1v) is 7.29. The van der Waals surface area contributed by atoms with Crippen LogP contribution in [0.1, 0.15) is 18.4 Å². The van der Waals surface area contributed by atoms with Gasteiger partial charge in [0.1, 0.15) is 5.82 Å². The van der Waals surface area contributed by atoms with Crippen LogP contribution in [0.4, 0.5) is 4.39 Å². The van der Waals surface area contributed by atoms with Gasteiger partial charge in [0.15, 0.2) is 0 Å². The largest absolute Gasteiger partial charge is 0.395 e. The number of sulfonamides is 1. The fourth-order valence-corrected chi connectivity index (χ4v) is 4.10. The average Bonchev–Trinajstić information content (AvgIpc) is 2.76. The molecule has 0 amide bonds. The van der Waals surface area contributed by atoms with Crippen molar-refractivity contribution < 1.29 is 17.9 Å². The predicted molar refractivity (Wildman–Crippen MR) is 65.1 cm³/mol. The lowest BCUT2D eigenvalue weighted by Crippen LogP contribution is -2.37. The van der Waals surface area contributed by atoms with Crippen molar-refractivity contribution in [3.8, 4) is 0 Å². The summed E-state index contributed by atoms with van der Waals surface area (Å²) in [7, 11) is -3.71. The van der Waals surface area contributed by atoms with Crippen molar-refractivity contribution in [2.45, 2.75) is 30.7 Å². The lowest BCUT2D eigenvalue weighted by molar-refractivity contribution is 0.213. The van der Waals surface area contributed by atoms with Crippen LogP contribution in [0.25, 0.3) is 0 Å². The molecule has 1 aliphatic rings. The van der Waals surface area contributed by atoms with E-state index in [4.69, 9.17) is 0 Å².